The second-order valence-corrected chi connectivity index (χ2v) is 3.82. The number of nitrogens with zero attached hydrogens (tertiary/aromatic N) is 2. The molecule has 6 heteroatoms. The molecule has 0 aliphatic heterocycles. The van der Waals surface area contributed by atoms with Crippen LogP contribution < -0.4 is 10.5 Å². The molecule has 0 saturated heterocycles. The van der Waals surface area contributed by atoms with Crippen LogP contribution in [0.15, 0.2) is 30.5 Å². The summed E-state index contributed by atoms with van der Waals surface area (Å²) in [6.07, 6.45) is 1.56. The van der Waals surface area contributed by atoms with Crippen molar-refractivity contribution in [3.8, 4) is 11.6 Å². The number of nitrogens with two attached hydrogens (primary N) is 1. The van der Waals surface area contributed by atoms with Gasteiger partial charge in [-0.1, -0.05) is 0 Å². The van der Waals surface area contributed by atoms with Gasteiger partial charge in [-0.15, -0.1) is 0 Å². The van der Waals surface area contributed by atoms with Crippen LogP contribution in [0.3, 0.4) is 0 Å². The van der Waals surface area contributed by atoms with E-state index in [0.29, 0.717) is 11.4 Å². The molecular formula is C13H13N3O3. The molecule has 2 rings (SSSR count). The SMILES string of the molecule is COC(=O)c1ccc(N)c(Oc2ccc(C)nc2)n1. The Hall–Kier alpha value is -2.63. The lowest BCUT2D eigenvalue weighted by Gasteiger charge is -2.08. The molecule has 2 aromatic rings. The van der Waals surface area contributed by atoms with Gasteiger partial charge in [0.25, 0.3) is 0 Å². The van der Waals surface area contributed by atoms with Crippen LogP contribution in [0.5, 0.6) is 11.6 Å². The number of esters is 1. The van der Waals surface area contributed by atoms with Crippen molar-refractivity contribution in [1.29, 1.82) is 0 Å². The van der Waals surface area contributed by atoms with Gasteiger partial charge in [0.2, 0.25) is 5.88 Å². The number of hydrogen-bond donors (Lipinski definition) is 1. The Morgan fingerprint density at radius 3 is 2.68 bits per heavy atom. The van der Waals surface area contributed by atoms with E-state index >= 15 is 0 Å². The van der Waals surface area contributed by atoms with Gasteiger partial charge in [0.15, 0.2) is 5.69 Å². The second kappa shape index (κ2) is 5.34. The van der Waals surface area contributed by atoms with Gasteiger partial charge in [0.05, 0.1) is 19.0 Å². The van der Waals surface area contributed by atoms with Gasteiger partial charge in [-0.05, 0) is 31.2 Å². The van der Waals surface area contributed by atoms with Crippen LogP contribution in [-0.2, 0) is 4.74 Å². The van der Waals surface area contributed by atoms with Crippen molar-refractivity contribution < 1.29 is 14.3 Å². The number of ether oxygens (including phenoxy) is 2. The lowest BCUT2D eigenvalue weighted by atomic mass is 10.3. The van der Waals surface area contributed by atoms with Gasteiger partial charge in [-0.3, -0.25) is 4.98 Å². The summed E-state index contributed by atoms with van der Waals surface area (Å²) in [7, 11) is 1.28. The molecule has 0 spiro atoms. The number of anilines is 1. The van der Waals surface area contributed by atoms with Crippen molar-refractivity contribution in [3.05, 3.63) is 41.9 Å². The van der Waals surface area contributed by atoms with Crippen LogP contribution in [0.25, 0.3) is 0 Å². The van der Waals surface area contributed by atoms with E-state index in [-0.39, 0.29) is 11.6 Å². The fourth-order valence-electron chi connectivity index (χ4n) is 1.38. The first kappa shape index (κ1) is 12.8. The van der Waals surface area contributed by atoms with Crippen LogP contribution in [-0.4, -0.2) is 23.0 Å². The summed E-state index contributed by atoms with van der Waals surface area (Å²) in [6, 6.07) is 6.56. The number of carbonyl (C=O) groups is 1. The maximum Gasteiger partial charge on any atom is 0.356 e. The lowest BCUT2D eigenvalue weighted by molar-refractivity contribution is 0.0593. The van der Waals surface area contributed by atoms with E-state index in [4.69, 9.17) is 10.5 Å². The number of aryl methyl sites for hydroxylation is 1. The Kier molecular flexibility index (Phi) is 3.61. The maximum atomic E-state index is 11.4. The molecular weight excluding hydrogens is 246 g/mol. The number of aromatic nitrogens is 2. The minimum atomic E-state index is -0.549. The van der Waals surface area contributed by atoms with Crippen LogP contribution in [0.1, 0.15) is 16.2 Å². The summed E-state index contributed by atoms with van der Waals surface area (Å²) in [6.45, 7) is 1.87. The van der Waals surface area contributed by atoms with E-state index in [9.17, 15) is 4.79 Å². The van der Waals surface area contributed by atoms with E-state index in [1.807, 2.05) is 6.92 Å². The molecule has 0 amide bonds. The number of methoxy groups -OCH3 is 1. The normalized spacial score (nSPS) is 10.0. The molecule has 2 aromatic heterocycles. The van der Waals surface area contributed by atoms with Crippen molar-refractivity contribution in [2.45, 2.75) is 6.92 Å². The highest BCUT2D eigenvalue weighted by atomic mass is 16.5. The van der Waals surface area contributed by atoms with Crippen molar-refractivity contribution in [2.24, 2.45) is 0 Å². The van der Waals surface area contributed by atoms with Gasteiger partial charge in [-0.25, -0.2) is 9.78 Å². The summed E-state index contributed by atoms with van der Waals surface area (Å²) < 4.78 is 10.1. The summed E-state index contributed by atoms with van der Waals surface area (Å²) in [5, 5.41) is 0. The van der Waals surface area contributed by atoms with Gasteiger partial charge in [0.1, 0.15) is 5.75 Å². The van der Waals surface area contributed by atoms with Crippen LogP contribution in [0.4, 0.5) is 5.69 Å². The molecule has 0 unspecified atom stereocenters. The maximum absolute atomic E-state index is 11.4. The fourth-order valence-corrected chi connectivity index (χ4v) is 1.38. The largest absolute Gasteiger partial charge is 0.464 e. The topological polar surface area (TPSA) is 87.3 Å². The molecule has 0 aliphatic carbocycles. The van der Waals surface area contributed by atoms with Gasteiger partial charge in [0, 0.05) is 5.69 Å². The molecule has 98 valence electrons. The highest BCUT2D eigenvalue weighted by Gasteiger charge is 2.12. The Bertz CT molecular complexity index is 597. The molecule has 0 aromatic carbocycles. The Morgan fingerprint density at radius 2 is 2.05 bits per heavy atom. The minimum Gasteiger partial charge on any atom is -0.464 e. The van der Waals surface area contributed by atoms with E-state index < -0.39 is 5.97 Å². The molecule has 0 atom stereocenters. The van der Waals surface area contributed by atoms with Gasteiger partial charge >= 0.3 is 5.97 Å². The third-order valence-electron chi connectivity index (χ3n) is 2.38. The first-order chi connectivity index (χ1) is 9.10. The summed E-state index contributed by atoms with van der Waals surface area (Å²) >= 11 is 0. The van der Waals surface area contributed by atoms with Gasteiger partial charge in [-0.2, -0.15) is 0 Å². The second-order valence-electron chi connectivity index (χ2n) is 3.82. The van der Waals surface area contributed by atoms with Crippen molar-refractivity contribution in [3.63, 3.8) is 0 Å². The zero-order valence-corrected chi connectivity index (χ0v) is 10.6. The Balaban J connectivity index is 2.28. The third kappa shape index (κ3) is 2.98. The summed E-state index contributed by atoms with van der Waals surface area (Å²) in [5.74, 6) is 0.0900. The van der Waals surface area contributed by atoms with E-state index in [1.165, 1.54) is 19.2 Å². The van der Waals surface area contributed by atoms with Gasteiger partial charge < -0.3 is 15.2 Å². The van der Waals surface area contributed by atoms with Crippen molar-refractivity contribution in [1.82, 2.24) is 9.97 Å². The number of carbonyl (C=O) groups excluding carboxylic acids is 1. The van der Waals surface area contributed by atoms with Crippen LogP contribution in [0, 0.1) is 6.92 Å². The van der Waals surface area contributed by atoms with Crippen LogP contribution >= 0.6 is 0 Å². The first-order valence-corrected chi connectivity index (χ1v) is 5.55. The number of nitrogen functional groups attached to an aromatic ring is 1. The summed E-state index contributed by atoms with van der Waals surface area (Å²) in [5.41, 5.74) is 7.08. The highest BCUT2D eigenvalue weighted by molar-refractivity contribution is 5.87. The average molecular weight is 259 g/mol. The Labute approximate surface area is 110 Å². The smallest absolute Gasteiger partial charge is 0.356 e. The molecule has 2 heterocycles. The fraction of sp³-hybridized carbons (Fsp3) is 0.154. The molecule has 6 nitrogen and oxygen atoms in total. The standard InChI is InChI=1S/C13H13N3O3/c1-8-3-4-9(7-15-8)19-12-10(14)5-6-11(16-12)13(17)18-2/h3-7H,14H2,1-2H3. The summed E-state index contributed by atoms with van der Waals surface area (Å²) in [4.78, 5) is 19.5. The molecule has 0 bridgehead atoms. The van der Waals surface area contributed by atoms with Crippen LogP contribution in [0.2, 0.25) is 0 Å². The van der Waals surface area contributed by atoms with Crippen molar-refractivity contribution >= 4 is 11.7 Å². The highest BCUT2D eigenvalue weighted by Crippen LogP contribution is 2.25. The van der Waals surface area contributed by atoms with E-state index in [0.717, 1.165) is 5.69 Å². The quantitative estimate of drug-likeness (QED) is 0.847. The molecule has 19 heavy (non-hydrogen) atoms. The predicted molar refractivity (Wildman–Crippen MR) is 69.0 cm³/mol. The zero-order chi connectivity index (χ0) is 13.8. The molecule has 0 saturated carbocycles. The lowest BCUT2D eigenvalue weighted by Crippen LogP contribution is -2.06. The molecule has 0 aliphatic rings. The van der Waals surface area contributed by atoms with Crippen molar-refractivity contribution in [2.75, 3.05) is 12.8 Å². The third-order valence-corrected chi connectivity index (χ3v) is 2.38. The molecule has 0 fully saturated rings. The monoisotopic (exact) mass is 259 g/mol. The minimum absolute atomic E-state index is 0.131. The first-order valence-electron chi connectivity index (χ1n) is 5.55. The number of pyridine rings is 2. The predicted octanol–water partition coefficient (Wildman–Crippen LogP) is 1.95. The zero-order valence-electron chi connectivity index (χ0n) is 10.6. The Morgan fingerprint density at radius 1 is 1.26 bits per heavy atom. The van der Waals surface area contributed by atoms with E-state index in [2.05, 4.69) is 14.7 Å². The number of rotatable bonds is 3. The average Bonchev–Trinajstić information content (AvgIpc) is 2.43. The van der Waals surface area contributed by atoms with E-state index in [1.54, 1.807) is 18.3 Å². The molecule has 0 radical (unpaired) electrons. The molecule has 2 N–H and O–H groups in total. The number of hydrogen-bond acceptors (Lipinski definition) is 6.